The number of carbonyl (C=O) groups excluding carboxylic acids is 1. The molecule has 0 spiro atoms. The third-order valence-corrected chi connectivity index (χ3v) is 5.45. The quantitative estimate of drug-likeness (QED) is 0.533. The fourth-order valence-electron chi connectivity index (χ4n) is 2.40. The number of anilines is 1. The number of carbonyl (C=O) groups is 2. The van der Waals surface area contributed by atoms with Crippen molar-refractivity contribution in [2.75, 3.05) is 12.0 Å². The number of carboxylic acid groups (broad SMARTS) is 1. The van der Waals surface area contributed by atoms with Crippen LogP contribution in [-0.2, 0) is 0 Å². The van der Waals surface area contributed by atoms with Gasteiger partial charge in [0, 0.05) is 18.5 Å². The fourth-order valence-corrected chi connectivity index (χ4v) is 3.33. The Labute approximate surface area is 153 Å². The summed E-state index contributed by atoms with van der Waals surface area (Å²) in [7, 11) is 0. The molecule has 0 unspecified atom stereocenters. The molecule has 1 aliphatic rings. The maximum absolute atomic E-state index is 12.1. The SMILES string of the molecule is O=C(O)c1ccccc1N/N=C1/CCNC(=O)c2[nH]c(Br)c(Br)c21. The zero-order chi connectivity index (χ0) is 17.3. The Morgan fingerprint density at radius 3 is 2.79 bits per heavy atom. The Morgan fingerprint density at radius 2 is 2.04 bits per heavy atom. The van der Waals surface area contributed by atoms with E-state index >= 15 is 0 Å². The van der Waals surface area contributed by atoms with Gasteiger partial charge in [-0.25, -0.2) is 4.79 Å². The van der Waals surface area contributed by atoms with Gasteiger partial charge in [0.1, 0.15) is 5.69 Å². The maximum Gasteiger partial charge on any atom is 0.337 e. The van der Waals surface area contributed by atoms with Crippen LogP contribution in [0.5, 0.6) is 0 Å². The van der Waals surface area contributed by atoms with Crippen molar-refractivity contribution in [2.45, 2.75) is 6.42 Å². The summed E-state index contributed by atoms with van der Waals surface area (Å²) in [6, 6.07) is 6.50. The molecule has 0 atom stereocenters. The van der Waals surface area contributed by atoms with E-state index in [9.17, 15) is 14.7 Å². The molecule has 0 saturated heterocycles. The molecule has 1 amide bonds. The monoisotopic (exact) mass is 454 g/mol. The predicted molar refractivity (Wildman–Crippen MR) is 96.7 cm³/mol. The summed E-state index contributed by atoms with van der Waals surface area (Å²) in [6.45, 7) is 0.437. The van der Waals surface area contributed by atoms with Crippen LogP contribution in [0.3, 0.4) is 0 Å². The predicted octanol–water partition coefficient (Wildman–Crippen LogP) is 3.19. The van der Waals surface area contributed by atoms with E-state index in [2.05, 4.69) is 52.7 Å². The molecular weight excluding hydrogens is 444 g/mol. The molecule has 1 aromatic carbocycles. The van der Waals surface area contributed by atoms with E-state index in [1.165, 1.54) is 6.07 Å². The number of rotatable bonds is 3. The number of carboxylic acids is 1. The molecule has 0 saturated carbocycles. The molecule has 124 valence electrons. The number of hydrogen-bond donors (Lipinski definition) is 4. The van der Waals surface area contributed by atoms with Gasteiger partial charge in [-0.15, -0.1) is 0 Å². The molecule has 2 heterocycles. The molecular formula is C15H12Br2N4O3. The van der Waals surface area contributed by atoms with E-state index in [0.29, 0.717) is 44.7 Å². The second-order valence-corrected chi connectivity index (χ2v) is 6.62. The fraction of sp³-hybridized carbons (Fsp3) is 0.133. The van der Waals surface area contributed by atoms with E-state index in [1.807, 2.05) is 0 Å². The van der Waals surface area contributed by atoms with Gasteiger partial charge in [0.15, 0.2) is 0 Å². The number of amides is 1. The first kappa shape index (κ1) is 16.7. The summed E-state index contributed by atoms with van der Waals surface area (Å²) >= 11 is 6.79. The first-order valence-corrected chi connectivity index (χ1v) is 8.58. The molecule has 4 N–H and O–H groups in total. The van der Waals surface area contributed by atoms with Crippen LogP contribution in [0.25, 0.3) is 0 Å². The first-order valence-electron chi connectivity index (χ1n) is 6.99. The maximum atomic E-state index is 12.1. The van der Waals surface area contributed by atoms with Crippen LogP contribution in [0.1, 0.15) is 32.8 Å². The Hall–Kier alpha value is -2.13. The minimum atomic E-state index is -1.04. The van der Waals surface area contributed by atoms with Gasteiger partial charge in [0.2, 0.25) is 0 Å². The Kier molecular flexibility index (Phi) is 4.72. The summed E-state index contributed by atoms with van der Waals surface area (Å²) in [6.07, 6.45) is 0.504. The lowest BCUT2D eigenvalue weighted by atomic mass is 10.1. The number of hydrazone groups is 1. The highest BCUT2D eigenvalue weighted by Gasteiger charge is 2.26. The van der Waals surface area contributed by atoms with E-state index in [4.69, 9.17) is 0 Å². The standard InChI is InChI=1S/C15H12Br2N4O3/c16-11-10-9(5-6-18-14(22)12(10)19-13(11)17)21-20-8-4-2-1-3-7(8)15(23)24/h1-4,19-20H,5-6H2,(H,18,22)(H,23,24)/b21-9-. The van der Waals surface area contributed by atoms with Crippen LogP contribution in [-0.4, -0.2) is 34.2 Å². The number of fused-ring (bicyclic) bond motifs is 1. The number of benzene rings is 1. The summed E-state index contributed by atoms with van der Waals surface area (Å²) in [5, 5.41) is 16.4. The zero-order valence-electron chi connectivity index (χ0n) is 12.2. The van der Waals surface area contributed by atoms with Gasteiger partial charge in [-0.3, -0.25) is 10.2 Å². The lowest BCUT2D eigenvalue weighted by Crippen LogP contribution is -2.23. The Morgan fingerprint density at radius 1 is 1.29 bits per heavy atom. The van der Waals surface area contributed by atoms with Gasteiger partial charge in [-0.05, 0) is 44.0 Å². The number of para-hydroxylation sites is 1. The average Bonchev–Trinajstić information content (AvgIpc) is 2.77. The molecule has 0 radical (unpaired) electrons. The number of aromatic carboxylic acids is 1. The molecule has 1 aliphatic heterocycles. The van der Waals surface area contributed by atoms with Crippen molar-refractivity contribution in [3.05, 3.63) is 50.2 Å². The zero-order valence-corrected chi connectivity index (χ0v) is 15.4. The topological polar surface area (TPSA) is 107 Å². The third kappa shape index (κ3) is 3.09. The molecule has 0 aliphatic carbocycles. The second kappa shape index (κ2) is 6.78. The highest BCUT2D eigenvalue weighted by molar-refractivity contribution is 9.13. The molecule has 7 nitrogen and oxygen atoms in total. The number of nitrogens with zero attached hydrogens (tertiary/aromatic N) is 1. The summed E-state index contributed by atoms with van der Waals surface area (Å²) in [5.41, 5.74) is 5.00. The van der Waals surface area contributed by atoms with Crippen LogP contribution in [0.4, 0.5) is 5.69 Å². The van der Waals surface area contributed by atoms with Gasteiger partial charge in [0.05, 0.1) is 26.0 Å². The minimum absolute atomic E-state index is 0.124. The third-order valence-electron chi connectivity index (χ3n) is 3.53. The second-order valence-electron chi connectivity index (χ2n) is 5.03. The van der Waals surface area contributed by atoms with Crippen LogP contribution in [0.15, 0.2) is 38.4 Å². The van der Waals surface area contributed by atoms with Gasteiger partial charge >= 0.3 is 5.97 Å². The lowest BCUT2D eigenvalue weighted by molar-refractivity contribution is 0.0697. The van der Waals surface area contributed by atoms with Crippen molar-refractivity contribution in [2.24, 2.45) is 5.10 Å². The minimum Gasteiger partial charge on any atom is -0.478 e. The number of hydrogen-bond acceptors (Lipinski definition) is 4. The van der Waals surface area contributed by atoms with Crippen LogP contribution in [0.2, 0.25) is 0 Å². The van der Waals surface area contributed by atoms with Gasteiger partial charge in [0.25, 0.3) is 5.91 Å². The van der Waals surface area contributed by atoms with Crippen LogP contribution < -0.4 is 10.7 Å². The molecule has 24 heavy (non-hydrogen) atoms. The molecule has 0 bridgehead atoms. The van der Waals surface area contributed by atoms with E-state index in [-0.39, 0.29) is 11.5 Å². The number of aromatic amines is 1. The largest absolute Gasteiger partial charge is 0.478 e. The summed E-state index contributed by atoms with van der Waals surface area (Å²) in [5.74, 6) is -1.25. The Bertz CT molecular complexity index is 860. The number of nitrogens with one attached hydrogen (secondary N) is 3. The number of aromatic nitrogens is 1. The van der Waals surface area contributed by atoms with Crippen molar-refractivity contribution in [3.63, 3.8) is 0 Å². The lowest BCUT2D eigenvalue weighted by Gasteiger charge is -2.08. The number of H-pyrrole nitrogens is 1. The van der Waals surface area contributed by atoms with Crippen LogP contribution in [0, 0.1) is 0 Å². The van der Waals surface area contributed by atoms with Gasteiger partial charge in [-0.2, -0.15) is 5.10 Å². The van der Waals surface area contributed by atoms with E-state index in [1.54, 1.807) is 18.2 Å². The molecule has 2 aromatic rings. The van der Waals surface area contributed by atoms with Crippen molar-refractivity contribution in [1.82, 2.24) is 10.3 Å². The molecule has 0 fully saturated rings. The van der Waals surface area contributed by atoms with Crippen LogP contribution >= 0.6 is 31.9 Å². The van der Waals surface area contributed by atoms with Gasteiger partial charge < -0.3 is 15.4 Å². The van der Waals surface area contributed by atoms with Crippen molar-refractivity contribution < 1.29 is 14.7 Å². The smallest absolute Gasteiger partial charge is 0.337 e. The van der Waals surface area contributed by atoms with Gasteiger partial charge in [-0.1, -0.05) is 12.1 Å². The van der Waals surface area contributed by atoms with Crippen molar-refractivity contribution in [3.8, 4) is 0 Å². The normalized spacial score (nSPS) is 15.6. The van der Waals surface area contributed by atoms with E-state index in [0.717, 1.165) is 0 Å². The highest BCUT2D eigenvalue weighted by atomic mass is 79.9. The van der Waals surface area contributed by atoms with E-state index < -0.39 is 5.97 Å². The molecule has 3 rings (SSSR count). The first-order chi connectivity index (χ1) is 11.5. The highest BCUT2D eigenvalue weighted by Crippen LogP contribution is 2.31. The summed E-state index contributed by atoms with van der Waals surface area (Å²) in [4.78, 5) is 26.3. The number of halogens is 2. The van der Waals surface area contributed by atoms with Crippen molar-refractivity contribution >= 4 is 55.1 Å². The molecule has 1 aromatic heterocycles. The van der Waals surface area contributed by atoms with Crippen molar-refractivity contribution in [1.29, 1.82) is 0 Å². The molecule has 9 heteroatoms. The summed E-state index contributed by atoms with van der Waals surface area (Å²) < 4.78 is 1.34. The average molecular weight is 456 g/mol. The Balaban J connectivity index is 2.01.